The quantitative estimate of drug-likeness (QED) is 0.775. The van der Waals surface area contributed by atoms with Crippen molar-refractivity contribution in [2.45, 2.75) is 63.8 Å². The van der Waals surface area contributed by atoms with Crippen LogP contribution >= 0.6 is 0 Å². The monoisotopic (exact) mass is 334 g/mol. The molecule has 0 aromatic carbocycles. The van der Waals surface area contributed by atoms with Gasteiger partial charge in [-0.1, -0.05) is 12.8 Å². The lowest BCUT2D eigenvalue weighted by molar-refractivity contribution is -0.146. The van der Waals surface area contributed by atoms with Gasteiger partial charge in [0.05, 0.1) is 6.04 Å². The Morgan fingerprint density at radius 2 is 1.79 bits per heavy atom. The summed E-state index contributed by atoms with van der Waals surface area (Å²) in [5.74, 6) is 2.80. The number of likely N-dealkylation sites (tertiary alicyclic amines) is 2. The first kappa shape index (κ1) is 16.8. The Morgan fingerprint density at radius 1 is 1.00 bits per heavy atom. The van der Waals surface area contributed by atoms with Crippen LogP contribution in [0, 0.1) is 17.8 Å². The van der Waals surface area contributed by atoms with Crippen molar-refractivity contribution in [1.29, 1.82) is 0 Å². The number of ether oxygens (including phenoxy) is 1. The molecule has 1 amide bonds. The van der Waals surface area contributed by atoms with Crippen LogP contribution in [0.4, 0.5) is 0 Å². The zero-order chi connectivity index (χ0) is 16.4. The molecule has 4 rings (SSSR count). The molecule has 4 fully saturated rings. The van der Waals surface area contributed by atoms with Crippen molar-refractivity contribution in [2.24, 2.45) is 17.8 Å². The van der Waals surface area contributed by atoms with Gasteiger partial charge < -0.3 is 9.64 Å². The first-order chi connectivity index (χ1) is 11.8. The van der Waals surface area contributed by atoms with E-state index >= 15 is 0 Å². The minimum Gasteiger partial charge on any atom is -0.381 e. The standard InChI is InChI=1S/C20H34N2O2/c23-20-19-13-18(15-22(20)14-17-3-1-2-4-17)6-10-21(19)9-5-16-7-11-24-12-8-16/h16-19H,1-15H2/t18-,19+/m0/s1. The number of fused-ring (bicyclic) bond motifs is 2. The molecule has 0 unspecified atom stereocenters. The van der Waals surface area contributed by atoms with E-state index in [1.165, 1.54) is 51.4 Å². The number of hydrogen-bond donors (Lipinski definition) is 0. The van der Waals surface area contributed by atoms with Crippen molar-refractivity contribution >= 4 is 5.91 Å². The highest BCUT2D eigenvalue weighted by Crippen LogP contribution is 2.33. The Morgan fingerprint density at radius 3 is 2.58 bits per heavy atom. The summed E-state index contributed by atoms with van der Waals surface area (Å²) >= 11 is 0. The van der Waals surface area contributed by atoms with E-state index < -0.39 is 0 Å². The fourth-order valence-electron chi connectivity index (χ4n) is 5.44. The maximum absolute atomic E-state index is 13.0. The first-order valence-corrected chi connectivity index (χ1v) is 10.4. The maximum atomic E-state index is 13.0. The van der Waals surface area contributed by atoms with Crippen LogP contribution in [0.2, 0.25) is 0 Å². The minimum atomic E-state index is 0.193. The summed E-state index contributed by atoms with van der Waals surface area (Å²) in [7, 11) is 0. The van der Waals surface area contributed by atoms with E-state index in [9.17, 15) is 4.79 Å². The van der Waals surface area contributed by atoms with Crippen LogP contribution < -0.4 is 0 Å². The highest BCUT2D eigenvalue weighted by Gasteiger charge is 2.41. The summed E-state index contributed by atoms with van der Waals surface area (Å²) in [6, 6.07) is 0.193. The lowest BCUT2D eigenvalue weighted by atomic mass is 9.84. The average molecular weight is 335 g/mol. The van der Waals surface area contributed by atoms with Gasteiger partial charge in [-0.2, -0.15) is 0 Å². The summed E-state index contributed by atoms with van der Waals surface area (Å²) in [4.78, 5) is 17.8. The minimum absolute atomic E-state index is 0.193. The molecule has 0 N–H and O–H groups in total. The molecule has 4 heteroatoms. The molecule has 2 atom stereocenters. The highest BCUT2D eigenvalue weighted by atomic mass is 16.5. The van der Waals surface area contributed by atoms with Crippen LogP contribution in [-0.2, 0) is 9.53 Å². The molecule has 24 heavy (non-hydrogen) atoms. The molecular formula is C20H34N2O2. The van der Waals surface area contributed by atoms with Gasteiger partial charge in [-0.05, 0) is 75.8 Å². The summed E-state index contributed by atoms with van der Waals surface area (Å²) in [6.07, 6.45) is 11.5. The number of rotatable bonds is 5. The predicted octanol–water partition coefficient (Wildman–Crippen LogP) is 2.92. The van der Waals surface area contributed by atoms with Crippen LogP contribution in [0.25, 0.3) is 0 Å². The van der Waals surface area contributed by atoms with Crippen LogP contribution in [0.1, 0.15) is 57.8 Å². The largest absolute Gasteiger partial charge is 0.381 e. The second-order valence-corrected chi connectivity index (χ2v) is 8.68. The number of amides is 1. The number of hydrogen-bond acceptors (Lipinski definition) is 3. The Kier molecular flexibility index (Phi) is 5.43. The Hall–Kier alpha value is -0.610. The van der Waals surface area contributed by atoms with Crippen LogP contribution in [0.15, 0.2) is 0 Å². The smallest absolute Gasteiger partial charge is 0.239 e. The third-order valence-electron chi connectivity index (χ3n) is 7.02. The van der Waals surface area contributed by atoms with Gasteiger partial charge in [-0.25, -0.2) is 0 Å². The van der Waals surface area contributed by atoms with E-state index in [2.05, 4.69) is 9.80 Å². The van der Waals surface area contributed by atoms with Gasteiger partial charge in [-0.15, -0.1) is 0 Å². The molecule has 0 radical (unpaired) electrons. The second-order valence-electron chi connectivity index (χ2n) is 8.68. The zero-order valence-electron chi connectivity index (χ0n) is 15.1. The Bertz CT molecular complexity index is 429. The van der Waals surface area contributed by atoms with E-state index in [0.29, 0.717) is 5.91 Å². The van der Waals surface area contributed by atoms with Crippen molar-refractivity contribution in [1.82, 2.24) is 9.80 Å². The van der Waals surface area contributed by atoms with Crippen LogP contribution in [0.3, 0.4) is 0 Å². The summed E-state index contributed by atoms with van der Waals surface area (Å²) in [6.45, 7) is 6.21. The topological polar surface area (TPSA) is 32.8 Å². The van der Waals surface area contributed by atoms with Gasteiger partial charge in [0, 0.05) is 26.3 Å². The van der Waals surface area contributed by atoms with Crippen molar-refractivity contribution < 1.29 is 9.53 Å². The van der Waals surface area contributed by atoms with Gasteiger partial charge in [0.2, 0.25) is 5.91 Å². The van der Waals surface area contributed by atoms with E-state index in [-0.39, 0.29) is 6.04 Å². The maximum Gasteiger partial charge on any atom is 0.239 e. The van der Waals surface area contributed by atoms with Crippen molar-refractivity contribution in [3.63, 3.8) is 0 Å². The second kappa shape index (κ2) is 7.74. The van der Waals surface area contributed by atoms with Crippen LogP contribution in [0.5, 0.6) is 0 Å². The molecule has 4 nitrogen and oxygen atoms in total. The molecule has 3 heterocycles. The lowest BCUT2D eigenvalue weighted by Crippen LogP contribution is -2.59. The summed E-state index contributed by atoms with van der Waals surface area (Å²) < 4.78 is 5.48. The highest BCUT2D eigenvalue weighted by molar-refractivity contribution is 5.83. The molecular weight excluding hydrogens is 300 g/mol. The fraction of sp³-hybridized carbons (Fsp3) is 0.950. The van der Waals surface area contributed by atoms with E-state index in [1.807, 2.05) is 0 Å². The number of carbonyl (C=O) groups is 1. The molecule has 1 aliphatic carbocycles. The molecule has 4 aliphatic rings. The molecule has 136 valence electrons. The number of piperidine rings is 2. The first-order valence-electron chi connectivity index (χ1n) is 10.4. The van der Waals surface area contributed by atoms with Gasteiger partial charge >= 0.3 is 0 Å². The van der Waals surface area contributed by atoms with Crippen molar-refractivity contribution in [2.75, 3.05) is 39.4 Å². The third-order valence-corrected chi connectivity index (χ3v) is 7.02. The molecule has 3 aliphatic heterocycles. The fourth-order valence-corrected chi connectivity index (χ4v) is 5.44. The van der Waals surface area contributed by atoms with E-state index in [0.717, 1.165) is 63.6 Å². The third kappa shape index (κ3) is 3.80. The van der Waals surface area contributed by atoms with Gasteiger partial charge in [-0.3, -0.25) is 9.69 Å². The van der Waals surface area contributed by atoms with E-state index in [4.69, 9.17) is 4.74 Å². The molecule has 0 spiro atoms. The van der Waals surface area contributed by atoms with Crippen molar-refractivity contribution in [3.8, 4) is 0 Å². The van der Waals surface area contributed by atoms with Crippen LogP contribution in [-0.4, -0.2) is 61.1 Å². The SMILES string of the molecule is O=C1[C@H]2C[C@H](CCN2CCC2CCOCC2)CN1CC1CCCC1. The van der Waals surface area contributed by atoms with Gasteiger partial charge in [0.15, 0.2) is 0 Å². The summed E-state index contributed by atoms with van der Waals surface area (Å²) in [5, 5.41) is 0. The van der Waals surface area contributed by atoms with Crippen molar-refractivity contribution in [3.05, 3.63) is 0 Å². The lowest BCUT2D eigenvalue weighted by Gasteiger charge is -2.47. The zero-order valence-corrected chi connectivity index (χ0v) is 15.1. The Labute approximate surface area is 146 Å². The average Bonchev–Trinajstić information content (AvgIpc) is 3.12. The number of nitrogens with zero attached hydrogens (tertiary/aromatic N) is 2. The normalized spacial score (nSPS) is 33.3. The van der Waals surface area contributed by atoms with Gasteiger partial charge in [0.25, 0.3) is 0 Å². The Balaban J connectivity index is 1.32. The van der Waals surface area contributed by atoms with Gasteiger partial charge in [0.1, 0.15) is 0 Å². The molecule has 0 aromatic rings. The molecule has 1 saturated carbocycles. The summed E-state index contributed by atoms with van der Waals surface area (Å²) in [5.41, 5.74) is 0. The molecule has 2 bridgehead atoms. The number of carbonyl (C=O) groups excluding carboxylic acids is 1. The predicted molar refractivity (Wildman–Crippen MR) is 94.8 cm³/mol. The molecule has 0 aromatic heterocycles. The molecule has 3 saturated heterocycles. The van der Waals surface area contributed by atoms with E-state index in [1.54, 1.807) is 0 Å².